The van der Waals surface area contributed by atoms with Crippen molar-refractivity contribution in [2.75, 3.05) is 33.4 Å². The van der Waals surface area contributed by atoms with E-state index in [9.17, 15) is 14.9 Å². The SMILES string of the molecule is COc1ccc(-c2sc(-c3sc(-c4sc(/C=C(\C#N)C(=O)NC/C=N\OCC(=O)NCCN=C(N)N)cc4C)cc3C)cc2C)s1. The lowest BCUT2D eigenvalue weighted by Crippen LogP contribution is -2.31. The number of hydrogen-bond acceptors (Lipinski definition) is 11. The fourth-order valence-corrected chi connectivity index (χ4v) is 8.98. The standard InChI is InChI=1S/C31H33N7O4S4/c1-17-11-21(14-20(15-32)30(40)36-9-10-38-42-16-25(39)35-7-8-37-31(33)34)43-28(17)23-13-19(3)29(46-23)24-12-18(2)27(45-24)22-5-6-26(41-4)44-22/h5-6,10-14H,7-9,16H2,1-4H3,(H,35,39)(H,36,40)(H4,33,34,37)/b20-14+,38-10-. The summed E-state index contributed by atoms with van der Waals surface area (Å²) >= 11 is 6.71. The van der Waals surface area contributed by atoms with Gasteiger partial charge in [0, 0.05) is 40.7 Å². The summed E-state index contributed by atoms with van der Waals surface area (Å²) in [6, 6.07) is 12.5. The van der Waals surface area contributed by atoms with Crippen LogP contribution in [0, 0.1) is 32.1 Å². The number of hydrogen-bond donors (Lipinski definition) is 4. The molecule has 4 aromatic heterocycles. The Hall–Kier alpha value is -4.49. The number of methoxy groups -OCH3 is 1. The lowest BCUT2D eigenvalue weighted by Gasteiger charge is -2.02. The maximum atomic E-state index is 12.6. The Kier molecular flexibility index (Phi) is 12.1. The zero-order valence-corrected chi connectivity index (χ0v) is 28.9. The summed E-state index contributed by atoms with van der Waals surface area (Å²) in [4.78, 5) is 40.9. The van der Waals surface area contributed by atoms with Crippen LogP contribution in [-0.2, 0) is 14.4 Å². The normalized spacial score (nSPS) is 11.3. The van der Waals surface area contributed by atoms with E-state index in [1.165, 1.54) is 48.2 Å². The molecule has 0 aliphatic carbocycles. The van der Waals surface area contributed by atoms with Gasteiger partial charge in [-0.15, -0.1) is 34.0 Å². The van der Waals surface area contributed by atoms with Gasteiger partial charge in [0.15, 0.2) is 17.6 Å². The molecule has 0 saturated heterocycles. The Bertz CT molecular complexity index is 1830. The van der Waals surface area contributed by atoms with Gasteiger partial charge in [0.25, 0.3) is 11.8 Å². The van der Waals surface area contributed by atoms with Gasteiger partial charge < -0.3 is 31.7 Å². The van der Waals surface area contributed by atoms with Gasteiger partial charge in [-0.1, -0.05) is 16.5 Å². The number of aliphatic imine (C=N–C) groups is 1. The molecule has 0 saturated carbocycles. The van der Waals surface area contributed by atoms with Crippen LogP contribution in [0.15, 0.2) is 46.1 Å². The Labute approximate surface area is 282 Å². The summed E-state index contributed by atoms with van der Waals surface area (Å²) in [6.45, 7) is 6.51. The Balaban J connectivity index is 1.36. The zero-order valence-electron chi connectivity index (χ0n) is 25.6. The second-order valence-corrected chi connectivity index (χ2v) is 14.1. The molecule has 240 valence electrons. The van der Waals surface area contributed by atoms with Crippen molar-refractivity contribution in [2.45, 2.75) is 20.8 Å². The summed E-state index contributed by atoms with van der Waals surface area (Å²) in [6.07, 6.45) is 2.88. The molecule has 0 aromatic carbocycles. The monoisotopic (exact) mass is 695 g/mol. The maximum Gasteiger partial charge on any atom is 0.262 e. The predicted molar refractivity (Wildman–Crippen MR) is 190 cm³/mol. The van der Waals surface area contributed by atoms with E-state index >= 15 is 0 Å². The summed E-state index contributed by atoms with van der Waals surface area (Å²) in [5.74, 6) is -0.992. The molecule has 46 heavy (non-hydrogen) atoms. The molecule has 0 spiro atoms. The number of nitrogens with two attached hydrogens (primary N) is 2. The van der Waals surface area contributed by atoms with Crippen LogP contribution in [-0.4, -0.2) is 57.3 Å². The number of nitriles is 1. The predicted octanol–water partition coefficient (Wildman–Crippen LogP) is 5.28. The first kappa shape index (κ1) is 34.4. The first-order chi connectivity index (χ1) is 22.1. The molecule has 0 atom stereocenters. The number of nitrogens with one attached hydrogen (secondary N) is 2. The van der Waals surface area contributed by atoms with Crippen molar-refractivity contribution >= 4 is 75.4 Å². The highest BCUT2D eigenvalue weighted by atomic mass is 32.1. The van der Waals surface area contributed by atoms with Crippen molar-refractivity contribution in [3.05, 3.63) is 57.5 Å². The smallest absolute Gasteiger partial charge is 0.262 e. The minimum atomic E-state index is -0.541. The van der Waals surface area contributed by atoms with Gasteiger partial charge >= 0.3 is 0 Å². The fraction of sp³-hybridized carbons (Fsp3) is 0.258. The molecule has 4 heterocycles. The number of nitrogens with zero attached hydrogens (tertiary/aromatic N) is 3. The average molecular weight is 696 g/mol. The van der Waals surface area contributed by atoms with E-state index in [-0.39, 0.29) is 37.8 Å². The first-order valence-electron chi connectivity index (χ1n) is 13.9. The van der Waals surface area contributed by atoms with Crippen LogP contribution in [0.4, 0.5) is 0 Å². The molecule has 0 bridgehead atoms. The molecule has 2 amide bonds. The number of guanidine groups is 1. The third kappa shape index (κ3) is 9.04. The minimum Gasteiger partial charge on any atom is -0.487 e. The number of amides is 2. The van der Waals surface area contributed by atoms with Crippen molar-refractivity contribution in [3.63, 3.8) is 0 Å². The third-order valence-electron chi connectivity index (χ3n) is 6.30. The van der Waals surface area contributed by atoms with Gasteiger partial charge in [0.1, 0.15) is 11.6 Å². The number of thiophene rings is 4. The number of carbonyl (C=O) groups is 2. The van der Waals surface area contributed by atoms with Crippen LogP contribution in [0.5, 0.6) is 5.06 Å². The summed E-state index contributed by atoms with van der Waals surface area (Å²) < 4.78 is 5.38. The third-order valence-corrected chi connectivity index (χ3v) is 11.5. The van der Waals surface area contributed by atoms with E-state index in [1.54, 1.807) is 47.2 Å². The lowest BCUT2D eigenvalue weighted by atomic mass is 10.2. The minimum absolute atomic E-state index is 0.0138. The molecule has 0 aliphatic rings. The second-order valence-electron chi connectivity index (χ2n) is 9.83. The molecule has 6 N–H and O–H groups in total. The van der Waals surface area contributed by atoms with Crippen molar-refractivity contribution in [2.24, 2.45) is 21.6 Å². The van der Waals surface area contributed by atoms with Crippen LogP contribution in [0.25, 0.3) is 35.3 Å². The number of ether oxygens (including phenoxy) is 1. The Morgan fingerprint density at radius 1 is 0.935 bits per heavy atom. The molecule has 4 aromatic rings. The highest BCUT2D eigenvalue weighted by molar-refractivity contribution is 7.29. The summed E-state index contributed by atoms with van der Waals surface area (Å²) in [7, 11) is 1.69. The average Bonchev–Trinajstić information content (AvgIpc) is 3.81. The largest absolute Gasteiger partial charge is 0.487 e. The van der Waals surface area contributed by atoms with Gasteiger partial charge in [-0.2, -0.15) is 5.26 Å². The van der Waals surface area contributed by atoms with Crippen LogP contribution in [0.2, 0.25) is 0 Å². The molecular formula is C31H33N7O4S4. The molecule has 0 fully saturated rings. The van der Waals surface area contributed by atoms with Crippen LogP contribution in [0.3, 0.4) is 0 Å². The topological polar surface area (TPSA) is 177 Å². The second kappa shape index (κ2) is 16.2. The van der Waals surface area contributed by atoms with E-state index in [0.29, 0.717) is 0 Å². The fourth-order valence-electron chi connectivity index (χ4n) is 4.19. The van der Waals surface area contributed by atoms with Gasteiger partial charge in [0.2, 0.25) is 0 Å². The van der Waals surface area contributed by atoms with Crippen LogP contribution in [0.1, 0.15) is 21.6 Å². The van der Waals surface area contributed by atoms with E-state index < -0.39 is 11.8 Å². The van der Waals surface area contributed by atoms with E-state index in [4.69, 9.17) is 21.0 Å². The lowest BCUT2D eigenvalue weighted by molar-refractivity contribution is -0.125. The van der Waals surface area contributed by atoms with Crippen molar-refractivity contribution in [3.8, 4) is 40.4 Å². The quantitative estimate of drug-likeness (QED) is 0.0346. The highest BCUT2D eigenvalue weighted by Crippen LogP contribution is 2.47. The van der Waals surface area contributed by atoms with Gasteiger partial charge in [-0.3, -0.25) is 14.6 Å². The number of aryl methyl sites for hydroxylation is 3. The molecular weight excluding hydrogens is 663 g/mol. The van der Waals surface area contributed by atoms with Crippen molar-refractivity contribution in [1.29, 1.82) is 5.26 Å². The van der Waals surface area contributed by atoms with Gasteiger partial charge in [-0.25, -0.2) is 0 Å². The molecule has 11 nitrogen and oxygen atoms in total. The molecule has 15 heteroatoms. The van der Waals surface area contributed by atoms with Crippen LogP contribution >= 0.6 is 45.3 Å². The Morgan fingerprint density at radius 2 is 1.59 bits per heavy atom. The number of rotatable bonds is 14. The summed E-state index contributed by atoms with van der Waals surface area (Å²) in [5, 5.41) is 19.4. The van der Waals surface area contributed by atoms with E-state index in [2.05, 4.69) is 52.8 Å². The maximum absolute atomic E-state index is 12.6. The highest BCUT2D eigenvalue weighted by Gasteiger charge is 2.18. The Morgan fingerprint density at radius 3 is 2.22 bits per heavy atom. The van der Waals surface area contributed by atoms with Gasteiger partial charge in [0.05, 0.1) is 26.4 Å². The van der Waals surface area contributed by atoms with Crippen molar-refractivity contribution < 1.29 is 19.2 Å². The first-order valence-corrected chi connectivity index (χ1v) is 17.2. The summed E-state index contributed by atoms with van der Waals surface area (Å²) in [5.41, 5.74) is 13.9. The van der Waals surface area contributed by atoms with Crippen LogP contribution < -0.4 is 26.8 Å². The number of carbonyl (C=O) groups excluding carboxylic acids is 2. The zero-order chi connectivity index (χ0) is 33.2. The molecule has 0 radical (unpaired) electrons. The van der Waals surface area contributed by atoms with Crippen molar-refractivity contribution in [1.82, 2.24) is 10.6 Å². The van der Waals surface area contributed by atoms with E-state index in [1.807, 2.05) is 25.1 Å². The molecule has 0 aliphatic heterocycles. The molecule has 4 rings (SSSR count). The molecule has 0 unspecified atom stereocenters. The van der Waals surface area contributed by atoms with E-state index in [0.717, 1.165) is 25.3 Å². The van der Waals surface area contributed by atoms with Gasteiger partial charge in [-0.05, 0) is 73.9 Å². The number of oxime groups is 1.